The molecule has 2 heteroatoms. The van der Waals surface area contributed by atoms with Gasteiger partial charge in [-0.3, -0.25) is 0 Å². The second kappa shape index (κ2) is 13.3. The average molecular weight is 801 g/mol. The lowest BCUT2D eigenvalue weighted by Crippen LogP contribution is -2.34. The first kappa shape index (κ1) is 36.3. The molecule has 62 heavy (non-hydrogen) atoms. The maximum atomic E-state index is 2.52. The third-order valence-corrected chi connectivity index (χ3v) is 16.2. The zero-order chi connectivity index (χ0) is 41.3. The summed E-state index contributed by atoms with van der Waals surface area (Å²) >= 11 is 0. The molecule has 0 radical (unpaired) electrons. The van der Waals surface area contributed by atoms with Crippen LogP contribution in [0.15, 0.2) is 176 Å². The normalized spacial score (nSPS) is 23.0. The summed E-state index contributed by atoms with van der Waals surface area (Å²) < 4.78 is 2.44. The Bertz CT molecular complexity index is 3230. The quantitative estimate of drug-likeness (QED) is 0.163. The molecule has 0 amide bonds. The van der Waals surface area contributed by atoms with E-state index in [2.05, 4.69) is 206 Å². The second-order valence-electron chi connectivity index (χ2n) is 20.1. The first-order chi connectivity index (χ1) is 30.3. The number of nitrogens with zero attached hydrogens (tertiary/aromatic N) is 2. The molecule has 8 aromatic carbocycles. The maximum Gasteiger partial charge on any atom is 0.0547 e. The van der Waals surface area contributed by atoms with Crippen molar-refractivity contribution in [1.29, 1.82) is 0 Å². The van der Waals surface area contributed by atoms with E-state index in [4.69, 9.17) is 0 Å². The molecule has 1 aromatic heterocycles. The molecule has 9 aromatic rings. The molecule has 3 saturated carbocycles. The highest BCUT2D eigenvalue weighted by Gasteiger charge is 2.57. The van der Waals surface area contributed by atoms with Gasteiger partial charge < -0.3 is 9.47 Å². The largest absolute Gasteiger partial charge is 0.310 e. The SMILES string of the molecule is C[C@H]1CC2C[C@H]3CC(c4ccc(N(c5ccc(-c6cccc(-n7c8ccccc8c8c9ccccc9ccc87)c6)cc5)c5ccc6c(c5)C(C)(C)c5ccccc5-6)cc4)(CC23)C1. The van der Waals surface area contributed by atoms with Gasteiger partial charge in [-0.25, -0.2) is 0 Å². The van der Waals surface area contributed by atoms with Gasteiger partial charge in [-0.1, -0.05) is 136 Å². The molecule has 4 aliphatic rings. The van der Waals surface area contributed by atoms with Crippen LogP contribution >= 0.6 is 0 Å². The van der Waals surface area contributed by atoms with Gasteiger partial charge in [0.25, 0.3) is 0 Å². The van der Waals surface area contributed by atoms with E-state index >= 15 is 0 Å². The minimum atomic E-state index is -0.0785. The van der Waals surface area contributed by atoms with E-state index in [1.54, 1.807) is 5.56 Å². The van der Waals surface area contributed by atoms with E-state index < -0.39 is 0 Å². The summed E-state index contributed by atoms with van der Waals surface area (Å²) in [6.07, 6.45) is 7.03. The Morgan fingerprint density at radius 2 is 1.24 bits per heavy atom. The highest BCUT2D eigenvalue weighted by molar-refractivity contribution is 6.21. The van der Waals surface area contributed by atoms with Gasteiger partial charge in [-0.15, -0.1) is 0 Å². The van der Waals surface area contributed by atoms with Crippen molar-refractivity contribution in [2.75, 3.05) is 4.90 Å². The van der Waals surface area contributed by atoms with Crippen LogP contribution in [0.2, 0.25) is 0 Å². The van der Waals surface area contributed by atoms with Crippen molar-refractivity contribution in [2.24, 2.45) is 23.7 Å². The van der Waals surface area contributed by atoms with Crippen molar-refractivity contribution >= 4 is 49.6 Å². The molecule has 0 spiro atoms. The van der Waals surface area contributed by atoms with Crippen LogP contribution in [0.3, 0.4) is 0 Å². The van der Waals surface area contributed by atoms with E-state index in [1.807, 2.05) is 0 Å². The fraction of sp³-hybridized carbons (Fsp3) is 0.233. The van der Waals surface area contributed by atoms with Crippen molar-refractivity contribution in [3.63, 3.8) is 0 Å². The van der Waals surface area contributed by atoms with Crippen LogP contribution in [-0.2, 0) is 10.8 Å². The number of rotatable bonds is 6. The van der Waals surface area contributed by atoms with Gasteiger partial charge in [0.05, 0.1) is 11.0 Å². The minimum Gasteiger partial charge on any atom is -0.310 e. The summed E-state index contributed by atoms with van der Waals surface area (Å²) in [6, 6.07) is 66.6. The van der Waals surface area contributed by atoms with Crippen LogP contribution in [0.4, 0.5) is 17.1 Å². The molecule has 2 bridgehead atoms. The molecule has 4 aliphatic carbocycles. The standard InChI is InChI=1S/C60H52N2/c1-38-31-42-32-43-36-60(35-38,37-53(42)43)44-22-26-46(27-23-44)61(48-28-29-51-50-15-6-8-17-54(50)59(2,3)55(51)34-48)45-24-19-39(20-25-45)41-12-10-13-47(33-41)62-56-18-9-7-16-52(56)58-49-14-5-4-11-40(49)21-30-57(58)62/h4-30,33-34,38,42-43,53H,31-32,35-37H2,1-3H3/t38-,42?,43-,53?,60?/m0/s1. The first-order valence-electron chi connectivity index (χ1n) is 23.1. The number of hydrogen-bond donors (Lipinski definition) is 0. The fourth-order valence-electron chi connectivity index (χ4n) is 13.5. The van der Waals surface area contributed by atoms with Crippen molar-refractivity contribution < 1.29 is 0 Å². The van der Waals surface area contributed by atoms with Crippen molar-refractivity contribution in [1.82, 2.24) is 4.57 Å². The third kappa shape index (κ3) is 5.28. The summed E-state index contributed by atoms with van der Waals surface area (Å²) in [5.41, 5.74) is 17.0. The van der Waals surface area contributed by atoms with E-state index in [0.717, 1.165) is 23.7 Å². The summed E-state index contributed by atoms with van der Waals surface area (Å²) in [7, 11) is 0. The van der Waals surface area contributed by atoms with Gasteiger partial charge in [0, 0.05) is 38.9 Å². The molecule has 2 nitrogen and oxygen atoms in total. The first-order valence-corrected chi connectivity index (χ1v) is 23.1. The maximum absolute atomic E-state index is 2.52. The van der Waals surface area contributed by atoms with E-state index in [1.165, 1.54) is 121 Å². The number of anilines is 3. The minimum absolute atomic E-state index is 0.0785. The molecule has 302 valence electrons. The van der Waals surface area contributed by atoms with Gasteiger partial charge in [0.2, 0.25) is 0 Å². The Morgan fingerprint density at radius 1 is 0.516 bits per heavy atom. The van der Waals surface area contributed by atoms with Crippen LogP contribution in [-0.4, -0.2) is 4.57 Å². The highest BCUT2D eigenvalue weighted by Crippen LogP contribution is 2.65. The molecular weight excluding hydrogens is 749 g/mol. The second-order valence-corrected chi connectivity index (χ2v) is 20.1. The Hall–Kier alpha value is -6.38. The fourth-order valence-corrected chi connectivity index (χ4v) is 13.5. The number of aromatic nitrogens is 1. The van der Waals surface area contributed by atoms with Crippen LogP contribution in [0.1, 0.15) is 69.6 Å². The Labute approximate surface area is 365 Å². The monoisotopic (exact) mass is 800 g/mol. The predicted octanol–water partition coefficient (Wildman–Crippen LogP) is 16.1. The molecule has 0 aliphatic heterocycles. The summed E-state index contributed by atoms with van der Waals surface area (Å²) in [6.45, 7) is 7.29. The molecular formula is C60H52N2. The molecule has 13 rings (SSSR count). The smallest absolute Gasteiger partial charge is 0.0547 e. The number of para-hydroxylation sites is 1. The molecule has 1 heterocycles. The number of benzene rings is 8. The lowest BCUT2D eigenvalue weighted by molar-refractivity contribution is 0.0780. The molecule has 0 N–H and O–H groups in total. The Kier molecular flexibility index (Phi) is 7.79. The molecule has 3 fully saturated rings. The lowest BCUT2D eigenvalue weighted by atomic mass is 9.63. The zero-order valence-corrected chi connectivity index (χ0v) is 36.0. The van der Waals surface area contributed by atoms with Gasteiger partial charge in [0.15, 0.2) is 0 Å². The van der Waals surface area contributed by atoms with Crippen molar-refractivity contribution in [2.45, 2.75) is 63.7 Å². The highest BCUT2D eigenvalue weighted by atomic mass is 15.1. The molecule has 3 unspecified atom stereocenters. The predicted molar refractivity (Wildman–Crippen MR) is 260 cm³/mol. The van der Waals surface area contributed by atoms with E-state index in [0.29, 0.717) is 5.41 Å². The number of hydrogen-bond acceptors (Lipinski definition) is 1. The van der Waals surface area contributed by atoms with Crippen LogP contribution in [0, 0.1) is 23.7 Å². The molecule has 0 saturated heterocycles. The van der Waals surface area contributed by atoms with Gasteiger partial charge in [-0.05, 0) is 172 Å². The van der Waals surface area contributed by atoms with Crippen molar-refractivity contribution in [3.05, 3.63) is 193 Å². The average Bonchev–Trinajstić information content (AvgIpc) is 3.85. The third-order valence-electron chi connectivity index (χ3n) is 16.2. The van der Waals surface area contributed by atoms with Crippen LogP contribution < -0.4 is 4.90 Å². The van der Waals surface area contributed by atoms with E-state index in [-0.39, 0.29) is 5.41 Å². The van der Waals surface area contributed by atoms with Gasteiger partial charge in [-0.2, -0.15) is 0 Å². The van der Waals surface area contributed by atoms with Crippen LogP contribution in [0.5, 0.6) is 0 Å². The van der Waals surface area contributed by atoms with E-state index in [9.17, 15) is 0 Å². The lowest BCUT2D eigenvalue weighted by Gasteiger charge is -2.42. The summed E-state index contributed by atoms with van der Waals surface area (Å²) in [5, 5.41) is 5.17. The van der Waals surface area contributed by atoms with Crippen molar-refractivity contribution in [3.8, 4) is 27.9 Å². The summed E-state index contributed by atoms with van der Waals surface area (Å²) in [4.78, 5) is 2.49. The van der Waals surface area contributed by atoms with Crippen LogP contribution in [0.25, 0.3) is 60.5 Å². The molecule has 5 atom stereocenters. The zero-order valence-electron chi connectivity index (χ0n) is 36.0. The Balaban J connectivity index is 0.898. The summed E-state index contributed by atoms with van der Waals surface area (Å²) in [5.74, 6) is 3.69. The van der Waals surface area contributed by atoms with Gasteiger partial charge >= 0.3 is 0 Å². The Morgan fingerprint density at radius 3 is 2.10 bits per heavy atom. The van der Waals surface area contributed by atoms with Gasteiger partial charge in [0.1, 0.15) is 0 Å². The topological polar surface area (TPSA) is 8.17 Å². The number of fused-ring (bicyclic) bond motifs is 9.